The third kappa shape index (κ3) is 2.94. The van der Waals surface area contributed by atoms with Gasteiger partial charge in [0, 0.05) is 18.2 Å². The molecule has 0 N–H and O–H groups in total. The van der Waals surface area contributed by atoms with Crippen LogP contribution in [0.1, 0.15) is 11.1 Å². The second-order valence-electron chi connectivity index (χ2n) is 5.24. The lowest BCUT2D eigenvalue weighted by Crippen LogP contribution is -2.23. The number of hydrogen-bond acceptors (Lipinski definition) is 4. The minimum Gasteiger partial charge on any atom is -0.493 e. The van der Waals surface area contributed by atoms with E-state index in [0.717, 1.165) is 24.3 Å². The molecule has 4 heteroatoms. The van der Waals surface area contributed by atoms with Crippen molar-refractivity contribution in [3.63, 3.8) is 0 Å². The Balaban J connectivity index is 1.71. The predicted octanol–water partition coefficient (Wildman–Crippen LogP) is 2.89. The molecule has 0 aliphatic carbocycles. The first-order valence-electron chi connectivity index (χ1n) is 7.07. The Labute approximate surface area is 124 Å². The van der Waals surface area contributed by atoms with Crippen LogP contribution in [0.2, 0.25) is 0 Å². The summed E-state index contributed by atoms with van der Waals surface area (Å²) in [6, 6.07) is 10.0. The summed E-state index contributed by atoms with van der Waals surface area (Å²) in [6.45, 7) is 0.708. The fraction of sp³-hybridized carbons (Fsp3) is 0.353. The minimum atomic E-state index is 0.458. The van der Waals surface area contributed by atoms with Crippen molar-refractivity contribution < 1.29 is 14.2 Å². The first-order chi connectivity index (χ1) is 10.3. The Hall–Kier alpha value is -2.23. The van der Waals surface area contributed by atoms with Gasteiger partial charge in [0.1, 0.15) is 0 Å². The Bertz CT molecular complexity index is 610. The molecule has 1 aromatic carbocycles. The van der Waals surface area contributed by atoms with Crippen LogP contribution in [-0.4, -0.2) is 25.8 Å². The maximum Gasteiger partial charge on any atom is 0.212 e. The molecular formula is C17H19NO3. The second kappa shape index (κ2) is 6.04. The zero-order valence-electron chi connectivity index (χ0n) is 12.3. The molecule has 21 heavy (non-hydrogen) atoms. The van der Waals surface area contributed by atoms with Crippen molar-refractivity contribution in [3.8, 4) is 17.4 Å². The molecular weight excluding hydrogens is 266 g/mol. The van der Waals surface area contributed by atoms with Gasteiger partial charge in [-0.05, 0) is 30.0 Å². The van der Waals surface area contributed by atoms with Crippen molar-refractivity contribution in [1.29, 1.82) is 0 Å². The number of rotatable bonds is 4. The largest absolute Gasteiger partial charge is 0.493 e. The lowest BCUT2D eigenvalue weighted by Gasteiger charge is -2.26. The lowest BCUT2D eigenvalue weighted by molar-refractivity contribution is 0.211. The average Bonchev–Trinajstić information content (AvgIpc) is 2.54. The number of benzene rings is 1. The average molecular weight is 285 g/mol. The summed E-state index contributed by atoms with van der Waals surface area (Å²) in [7, 11) is 3.30. The molecule has 0 fully saturated rings. The first-order valence-corrected chi connectivity index (χ1v) is 7.07. The standard InChI is InChI=1S/C17H19NO3/c1-19-15-5-3-4-14-9-13(11-21-17(14)15)8-12-6-7-16(20-2)18-10-12/h3-7,10,13H,8-9,11H2,1-2H3/t13-/m0/s1. The Kier molecular flexibility index (Phi) is 3.95. The highest BCUT2D eigenvalue weighted by Crippen LogP contribution is 2.36. The number of aromatic nitrogens is 1. The van der Waals surface area contributed by atoms with E-state index in [1.54, 1.807) is 14.2 Å². The minimum absolute atomic E-state index is 0.458. The number of methoxy groups -OCH3 is 2. The van der Waals surface area contributed by atoms with E-state index in [2.05, 4.69) is 17.1 Å². The van der Waals surface area contributed by atoms with Gasteiger partial charge < -0.3 is 14.2 Å². The third-order valence-corrected chi connectivity index (χ3v) is 3.78. The van der Waals surface area contributed by atoms with Gasteiger partial charge in [-0.25, -0.2) is 4.98 Å². The second-order valence-corrected chi connectivity index (χ2v) is 5.24. The maximum atomic E-state index is 5.91. The number of para-hydroxylation sites is 1. The molecule has 1 aliphatic rings. The predicted molar refractivity (Wildman–Crippen MR) is 80.2 cm³/mol. The van der Waals surface area contributed by atoms with Crippen molar-refractivity contribution in [3.05, 3.63) is 47.7 Å². The molecule has 0 spiro atoms. The van der Waals surface area contributed by atoms with Crippen molar-refractivity contribution in [2.24, 2.45) is 5.92 Å². The van der Waals surface area contributed by atoms with Crippen LogP contribution < -0.4 is 14.2 Å². The molecule has 2 heterocycles. The van der Waals surface area contributed by atoms with Gasteiger partial charge in [-0.1, -0.05) is 18.2 Å². The molecule has 1 aliphatic heterocycles. The summed E-state index contributed by atoms with van der Waals surface area (Å²) < 4.78 is 16.3. The highest BCUT2D eigenvalue weighted by Gasteiger charge is 2.22. The molecule has 0 bridgehead atoms. The van der Waals surface area contributed by atoms with Crippen LogP contribution in [0.5, 0.6) is 17.4 Å². The fourth-order valence-corrected chi connectivity index (χ4v) is 2.73. The van der Waals surface area contributed by atoms with E-state index in [9.17, 15) is 0 Å². The summed E-state index contributed by atoms with van der Waals surface area (Å²) >= 11 is 0. The highest BCUT2D eigenvalue weighted by atomic mass is 16.5. The molecule has 0 unspecified atom stereocenters. The first kappa shape index (κ1) is 13.7. The van der Waals surface area contributed by atoms with Gasteiger partial charge in [-0.15, -0.1) is 0 Å². The van der Waals surface area contributed by atoms with E-state index in [0.29, 0.717) is 18.4 Å². The summed E-state index contributed by atoms with van der Waals surface area (Å²) in [5.41, 5.74) is 2.42. The molecule has 4 nitrogen and oxygen atoms in total. The van der Waals surface area contributed by atoms with Crippen molar-refractivity contribution in [2.45, 2.75) is 12.8 Å². The Morgan fingerprint density at radius 1 is 1.19 bits per heavy atom. The zero-order valence-corrected chi connectivity index (χ0v) is 12.3. The Morgan fingerprint density at radius 3 is 2.81 bits per heavy atom. The quantitative estimate of drug-likeness (QED) is 0.866. The zero-order chi connectivity index (χ0) is 14.7. The van der Waals surface area contributed by atoms with Crippen LogP contribution in [0.4, 0.5) is 0 Å². The van der Waals surface area contributed by atoms with E-state index in [1.165, 1.54) is 11.1 Å². The van der Waals surface area contributed by atoms with Crippen LogP contribution in [0, 0.1) is 5.92 Å². The molecule has 1 aromatic heterocycles. The number of hydrogen-bond donors (Lipinski definition) is 0. The molecule has 0 radical (unpaired) electrons. The van der Waals surface area contributed by atoms with E-state index < -0.39 is 0 Å². The number of pyridine rings is 1. The van der Waals surface area contributed by atoms with Crippen LogP contribution in [-0.2, 0) is 12.8 Å². The van der Waals surface area contributed by atoms with Gasteiger partial charge in [0.15, 0.2) is 11.5 Å². The topological polar surface area (TPSA) is 40.6 Å². The smallest absolute Gasteiger partial charge is 0.212 e. The van der Waals surface area contributed by atoms with Crippen LogP contribution in [0.15, 0.2) is 36.5 Å². The third-order valence-electron chi connectivity index (χ3n) is 3.78. The number of ether oxygens (including phenoxy) is 3. The van der Waals surface area contributed by atoms with Gasteiger partial charge in [0.25, 0.3) is 0 Å². The number of fused-ring (bicyclic) bond motifs is 1. The molecule has 0 saturated heterocycles. The van der Waals surface area contributed by atoms with Crippen molar-refractivity contribution >= 4 is 0 Å². The SMILES string of the molecule is COc1ccc(C[C@@H]2COc3c(cccc3OC)C2)cn1. The molecule has 0 saturated carbocycles. The van der Waals surface area contributed by atoms with E-state index >= 15 is 0 Å². The molecule has 110 valence electrons. The molecule has 3 rings (SSSR count). The van der Waals surface area contributed by atoms with E-state index in [1.807, 2.05) is 24.4 Å². The van der Waals surface area contributed by atoms with Gasteiger partial charge in [-0.3, -0.25) is 0 Å². The summed E-state index contributed by atoms with van der Waals surface area (Å²) in [5, 5.41) is 0. The molecule has 1 atom stereocenters. The van der Waals surface area contributed by atoms with E-state index in [4.69, 9.17) is 14.2 Å². The van der Waals surface area contributed by atoms with Gasteiger partial charge in [-0.2, -0.15) is 0 Å². The van der Waals surface area contributed by atoms with Crippen molar-refractivity contribution in [2.75, 3.05) is 20.8 Å². The normalized spacial score (nSPS) is 16.8. The van der Waals surface area contributed by atoms with Gasteiger partial charge in [0.05, 0.1) is 20.8 Å². The monoisotopic (exact) mass is 285 g/mol. The van der Waals surface area contributed by atoms with E-state index in [-0.39, 0.29) is 0 Å². The highest BCUT2D eigenvalue weighted by molar-refractivity contribution is 5.47. The fourth-order valence-electron chi connectivity index (χ4n) is 2.73. The van der Waals surface area contributed by atoms with Crippen LogP contribution >= 0.6 is 0 Å². The summed E-state index contributed by atoms with van der Waals surface area (Å²) in [6.07, 6.45) is 3.83. The van der Waals surface area contributed by atoms with Crippen molar-refractivity contribution in [1.82, 2.24) is 4.98 Å². The van der Waals surface area contributed by atoms with Crippen LogP contribution in [0.25, 0.3) is 0 Å². The molecule has 2 aromatic rings. The van der Waals surface area contributed by atoms with Gasteiger partial charge in [0.2, 0.25) is 5.88 Å². The lowest BCUT2D eigenvalue weighted by atomic mass is 9.91. The summed E-state index contributed by atoms with van der Waals surface area (Å²) in [5.74, 6) is 2.81. The van der Waals surface area contributed by atoms with Crippen LogP contribution in [0.3, 0.4) is 0 Å². The number of nitrogens with zero attached hydrogens (tertiary/aromatic N) is 1. The Morgan fingerprint density at radius 2 is 2.10 bits per heavy atom. The van der Waals surface area contributed by atoms with Gasteiger partial charge >= 0.3 is 0 Å². The molecule has 0 amide bonds. The maximum absolute atomic E-state index is 5.91. The summed E-state index contributed by atoms with van der Waals surface area (Å²) in [4.78, 5) is 4.25.